The SMILES string of the molecule is C=CC[C@H](NC(=O)OC(C)(C)C)C(=O)Nc1ccsc1-c1nc(C(=O)O)c(O)c(=O)[nH]1. The Hall–Kier alpha value is -3.67. The van der Waals surface area contributed by atoms with Gasteiger partial charge >= 0.3 is 12.1 Å². The van der Waals surface area contributed by atoms with E-state index < -0.39 is 46.6 Å². The third-order valence-electron chi connectivity index (χ3n) is 3.65. The lowest BCUT2D eigenvalue weighted by atomic mass is 10.2. The molecule has 31 heavy (non-hydrogen) atoms. The first-order chi connectivity index (χ1) is 14.4. The van der Waals surface area contributed by atoms with Crippen LogP contribution in [0, 0.1) is 0 Å². The van der Waals surface area contributed by atoms with Gasteiger partial charge in [-0.1, -0.05) is 6.08 Å². The molecule has 0 fully saturated rings. The monoisotopic (exact) mass is 450 g/mol. The molecular weight excluding hydrogens is 428 g/mol. The maximum Gasteiger partial charge on any atom is 0.408 e. The lowest BCUT2D eigenvalue weighted by Crippen LogP contribution is -2.45. The van der Waals surface area contributed by atoms with Gasteiger partial charge in [-0.05, 0) is 38.6 Å². The van der Waals surface area contributed by atoms with Crippen molar-refractivity contribution in [1.29, 1.82) is 0 Å². The van der Waals surface area contributed by atoms with Crippen LogP contribution in [0.5, 0.6) is 5.75 Å². The second kappa shape index (κ2) is 9.43. The van der Waals surface area contributed by atoms with Crippen molar-refractivity contribution in [3.63, 3.8) is 0 Å². The van der Waals surface area contributed by atoms with Crippen LogP contribution in [-0.2, 0) is 9.53 Å². The van der Waals surface area contributed by atoms with Gasteiger partial charge in [0.25, 0.3) is 5.56 Å². The number of rotatable bonds is 7. The number of aromatic amines is 1. The van der Waals surface area contributed by atoms with Gasteiger partial charge in [0.2, 0.25) is 11.7 Å². The number of aromatic carboxylic acids is 1. The number of hydrogen-bond acceptors (Lipinski definition) is 8. The highest BCUT2D eigenvalue weighted by molar-refractivity contribution is 7.14. The molecule has 2 aromatic heterocycles. The van der Waals surface area contributed by atoms with Gasteiger partial charge in [0.05, 0.1) is 10.6 Å². The van der Waals surface area contributed by atoms with Gasteiger partial charge in [0, 0.05) is 0 Å². The number of thiophene rings is 1. The number of anilines is 1. The zero-order chi connectivity index (χ0) is 23.3. The van der Waals surface area contributed by atoms with E-state index >= 15 is 0 Å². The molecule has 5 N–H and O–H groups in total. The fourth-order valence-corrected chi connectivity index (χ4v) is 3.18. The van der Waals surface area contributed by atoms with E-state index in [0.29, 0.717) is 0 Å². The van der Waals surface area contributed by atoms with E-state index in [2.05, 4.69) is 27.2 Å². The minimum absolute atomic E-state index is 0.113. The minimum atomic E-state index is -1.58. The summed E-state index contributed by atoms with van der Waals surface area (Å²) in [6.07, 6.45) is 0.784. The molecule has 0 unspecified atom stereocenters. The van der Waals surface area contributed by atoms with Crippen LogP contribution < -0.4 is 16.2 Å². The van der Waals surface area contributed by atoms with Gasteiger partial charge in [0.1, 0.15) is 11.6 Å². The lowest BCUT2D eigenvalue weighted by Gasteiger charge is -2.22. The summed E-state index contributed by atoms with van der Waals surface area (Å²) in [6.45, 7) is 8.62. The van der Waals surface area contributed by atoms with Crippen molar-refractivity contribution in [3.05, 3.63) is 40.1 Å². The second-order valence-corrected chi connectivity index (χ2v) is 8.21. The highest BCUT2D eigenvalue weighted by Gasteiger charge is 2.25. The van der Waals surface area contributed by atoms with Crippen LogP contribution in [0.2, 0.25) is 0 Å². The number of amides is 2. The molecule has 2 rings (SSSR count). The first-order valence-electron chi connectivity index (χ1n) is 8.98. The number of carboxylic acid groups (broad SMARTS) is 1. The number of carbonyl (C=O) groups is 3. The summed E-state index contributed by atoms with van der Waals surface area (Å²) in [7, 11) is 0. The van der Waals surface area contributed by atoms with Crippen LogP contribution in [0.3, 0.4) is 0 Å². The summed E-state index contributed by atoms with van der Waals surface area (Å²) in [5, 5.41) is 25.4. The van der Waals surface area contributed by atoms with E-state index in [4.69, 9.17) is 9.84 Å². The molecule has 0 spiro atoms. The molecule has 0 saturated carbocycles. The smallest absolute Gasteiger partial charge is 0.408 e. The molecular formula is C19H22N4O7S. The maximum atomic E-state index is 12.7. The zero-order valence-corrected chi connectivity index (χ0v) is 17.8. The number of aromatic nitrogens is 2. The number of aromatic hydroxyl groups is 1. The molecule has 166 valence electrons. The third kappa shape index (κ3) is 6.15. The first-order valence-corrected chi connectivity index (χ1v) is 9.86. The normalized spacial score (nSPS) is 12.0. The van der Waals surface area contributed by atoms with Crippen molar-refractivity contribution in [2.24, 2.45) is 0 Å². The Labute approximate surface area is 180 Å². The van der Waals surface area contributed by atoms with Gasteiger partial charge in [-0.15, -0.1) is 17.9 Å². The lowest BCUT2D eigenvalue weighted by molar-refractivity contribution is -0.118. The first kappa shape index (κ1) is 23.6. The largest absolute Gasteiger partial charge is 0.501 e. The van der Waals surface area contributed by atoms with Crippen LogP contribution in [0.25, 0.3) is 10.7 Å². The molecule has 2 heterocycles. The number of H-pyrrole nitrogens is 1. The Kier molecular flexibility index (Phi) is 7.18. The molecule has 2 aromatic rings. The number of ether oxygens (including phenoxy) is 1. The van der Waals surface area contributed by atoms with Crippen molar-refractivity contribution < 1.29 is 29.3 Å². The van der Waals surface area contributed by atoms with Crippen LogP contribution in [0.1, 0.15) is 37.7 Å². The number of nitrogens with one attached hydrogen (secondary N) is 3. The summed E-state index contributed by atoms with van der Waals surface area (Å²) in [4.78, 5) is 54.1. The van der Waals surface area contributed by atoms with Crippen LogP contribution in [-0.4, -0.2) is 49.8 Å². The summed E-state index contributed by atoms with van der Waals surface area (Å²) in [6, 6.07) is 0.519. The Bertz CT molecular complexity index is 1070. The Morgan fingerprint density at radius 1 is 1.39 bits per heavy atom. The summed E-state index contributed by atoms with van der Waals surface area (Å²) in [5.41, 5.74) is -2.39. The minimum Gasteiger partial charge on any atom is -0.501 e. The summed E-state index contributed by atoms with van der Waals surface area (Å²) >= 11 is 1.07. The fraction of sp³-hybridized carbons (Fsp3) is 0.316. The summed E-state index contributed by atoms with van der Waals surface area (Å²) < 4.78 is 5.16. The van der Waals surface area contributed by atoms with Gasteiger partial charge in [-0.2, -0.15) is 0 Å². The second-order valence-electron chi connectivity index (χ2n) is 7.29. The molecule has 0 aliphatic carbocycles. The average Bonchev–Trinajstić information content (AvgIpc) is 3.09. The zero-order valence-electron chi connectivity index (χ0n) is 17.0. The molecule has 0 radical (unpaired) electrons. The molecule has 0 aliphatic heterocycles. The number of nitrogens with zero attached hydrogens (tertiary/aromatic N) is 1. The molecule has 12 heteroatoms. The van der Waals surface area contributed by atoms with Crippen molar-refractivity contribution in [3.8, 4) is 16.5 Å². The van der Waals surface area contributed by atoms with Crippen molar-refractivity contribution >= 4 is 35.0 Å². The van der Waals surface area contributed by atoms with Gasteiger partial charge in [0.15, 0.2) is 11.5 Å². The van der Waals surface area contributed by atoms with Gasteiger partial charge < -0.3 is 30.6 Å². The van der Waals surface area contributed by atoms with Crippen molar-refractivity contribution in [1.82, 2.24) is 15.3 Å². The molecule has 0 aromatic carbocycles. The van der Waals surface area contributed by atoms with Gasteiger partial charge in [-0.25, -0.2) is 14.6 Å². The third-order valence-corrected chi connectivity index (χ3v) is 4.57. The fourth-order valence-electron chi connectivity index (χ4n) is 2.38. The number of hydrogen-bond donors (Lipinski definition) is 5. The van der Waals surface area contributed by atoms with Crippen molar-refractivity contribution in [2.75, 3.05) is 5.32 Å². The topological polar surface area (TPSA) is 171 Å². The van der Waals surface area contributed by atoms with E-state index in [1.54, 1.807) is 26.2 Å². The molecule has 1 atom stereocenters. The number of alkyl carbamates (subject to hydrolysis) is 1. The maximum absolute atomic E-state index is 12.7. The van der Waals surface area contributed by atoms with E-state index in [1.807, 2.05) is 0 Å². The highest BCUT2D eigenvalue weighted by atomic mass is 32.1. The Morgan fingerprint density at radius 2 is 2.06 bits per heavy atom. The van der Waals surface area contributed by atoms with Crippen LogP contribution in [0.4, 0.5) is 10.5 Å². The van der Waals surface area contributed by atoms with Crippen molar-refractivity contribution in [2.45, 2.75) is 38.8 Å². The Balaban J connectivity index is 2.28. The van der Waals surface area contributed by atoms with E-state index in [1.165, 1.54) is 12.1 Å². The number of carbonyl (C=O) groups excluding carboxylic acids is 2. The predicted molar refractivity (Wildman–Crippen MR) is 113 cm³/mol. The van der Waals surface area contributed by atoms with E-state index in [9.17, 15) is 24.3 Å². The molecule has 11 nitrogen and oxygen atoms in total. The Morgan fingerprint density at radius 3 is 2.65 bits per heavy atom. The van der Waals surface area contributed by atoms with Gasteiger partial charge in [-0.3, -0.25) is 9.59 Å². The van der Waals surface area contributed by atoms with E-state index in [0.717, 1.165) is 11.3 Å². The molecule has 0 aliphatic rings. The molecule has 0 saturated heterocycles. The van der Waals surface area contributed by atoms with E-state index in [-0.39, 0.29) is 22.8 Å². The predicted octanol–water partition coefficient (Wildman–Crippen LogP) is 2.31. The average molecular weight is 450 g/mol. The standard InChI is InChI=1S/C19H22N4O7S/c1-5-6-10(21-18(29)30-19(2,3)4)15(25)20-9-7-8-31-13(9)14-22-11(17(27)28)12(24)16(26)23-14/h5,7-8,10,24H,1,6H2,2-4H3,(H,20,25)(H,21,29)(H,27,28)(H,22,23,26)/t10-/m0/s1. The molecule has 0 bridgehead atoms. The summed E-state index contributed by atoms with van der Waals surface area (Å²) in [5.74, 6) is -3.35. The number of carboxylic acids is 1. The quantitative estimate of drug-likeness (QED) is 0.400. The molecule has 2 amide bonds. The van der Waals surface area contributed by atoms with Crippen LogP contribution in [0.15, 0.2) is 28.9 Å². The van der Waals surface area contributed by atoms with Crippen LogP contribution >= 0.6 is 11.3 Å². The highest BCUT2D eigenvalue weighted by Crippen LogP contribution is 2.31.